The number of hydrogen-bond acceptors (Lipinski definition) is 5. The number of carbonyl (C=O) groups is 4. The maximum Gasteiger partial charge on any atom is 0.229 e. The Bertz CT molecular complexity index is 1410. The second kappa shape index (κ2) is 6.81. The molecule has 3 aliphatic rings. The van der Waals surface area contributed by atoms with Crippen molar-refractivity contribution in [3.63, 3.8) is 0 Å². The van der Waals surface area contributed by atoms with E-state index in [-0.39, 0.29) is 56.5 Å². The first-order valence-electron chi connectivity index (χ1n) is 10.6. The Morgan fingerprint density at radius 2 is 0.939 bits per heavy atom. The maximum atomic E-state index is 13.6. The van der Waals surface area contributed by atoms with E-state index in [4.69, 9.17) is 4.74 Å². The molecular weight excluding hydrogens is 416 g/mol. The van der Waals surface area contributed by atoms with Gasteiger partial charge in [0, 0.05) is 28.2 Å². The zero-order valence-corrected chi connectivity index (χ0v) is 17.5. The molecule has 5 nitrogen and oxygen atoms in total. The van der Waals surface area contributed by atoms with Gasteiger partial charge >= 0.3 is 0 Å². The van der Waals surface area contributed by atoms with Crippen molar-refractivity contribution in [2.75, 3.05) is 0 Å². The van der Waals surface area contributed by atoms with E-state index in [0.717, 1.165) is 5.56 Å². The Balaban J connectivity index is 1.64. The van der Waals surface area contributed by atoms with Crippen molar-refractivity contribution < 1.29 is 23.9 Å². The largest absolute Gasteiger partial charge is 0.448 e. The van der Waals surface area contributed by atoms with Crippen molar-refractivity contribution in [1.82, 2.24) is 0 Å². The monoisotopic (exact) mass is 432 g/mol. The molecule has 6 rings (SSSR count). The predicted octanol–water partition coefficient (Wildman–Crippen LogP) is 4.78. The Morgan fingerprint density at radius 3 is 1.36 bits per heavy atom. The Kier molecular flexibility index (Phi) is 3.98. The maximum absolute atomic E-state index is 13.6. The number of rotatable bonds is 1. The molecule has 158 valence electrons. The number of ether oxygens (including phenoxy) is 1. The van der Waals surface area contributed by atoms with Crippen LogP contribution in [0.25, 0.3) is 0 Å². The third kappa shape index (κ3) is 2.59. The van der Waals surface area contributed by atoms with Crippen molar-refractivity contribution in [3.05, 3.63) is 129 Å². The first kappa shape index (κ1) is 19.3. The quantitative estimate of drug-likeness (QED) is 0.553. The van der Waals surface area contributed by atoms with Gasteiger partial charge in [0.2, 0.25) is 11.6 Å². The van der Waals surface area contributed by atoms with E-state index >= 15 is 0 Å². The van der Waals surface area contributed by atoms with Gasteiger partial charge in [0.25, 0.3) is 0 Å². The average Bonchev–Trinajstić information content (AvgIpc) is 2.85. The molecule has 0 bridgehead atoms. The Labute approximate surface area is 189 Å². The first-order valence-corrected chi connectivity index (χ1v) is 10.6. The lowest BCUT2D eigenvalue weighted by Gasteiger charge is -2.35. The molecule has 1 aliphatic heterocycles. The van der Waals surface area contributed by atoms with Crippen LogP contribution in [0.2, 0.25) is 0 Å². The molecule has 0 fully saturated rings. The number of benzene rings is 3. The molecule has 0 atom stereocenters. The highest BCUT2D eigenvalue weighted by Crippen LogP contribution is 2.48. The van der Waals surface area contributed by atoms with Gasteiger partial charge < -0.3 is 4.74 Å². The van der Waals surface area contributed by atoms with Crippen LogP contribution in [0.5, 0.6) is 0 Å². The number of carbonyl (C=O) groups excluding carboxylic acids is 4. The fourth-order valence-electron chi connectivity index (χ4n) is 4.81. The molecule has 0 N–H and O–H groups in total. The van der Waals surface area contributed by atoms with Crippen molar-refractivity contribution in [2.24, 2.45) is 0 Å². The van der Waals surface area contributed by atoms with Crippen molar-refractivity contribution >= 4 is 23.1 Å². The summed E-state index contributed by atoms with van der Waals surface area (Å²) in [6.07, 6.45) is 0. The van der Waals surface area contributed by atoms with Gasteiger partial charge in [-0.15, -0.1) is 0 Å². The second-order valence-corrected chi connectivity index (χ2v) is 8.34. The minimum atomic E-state index is -0.890. The molecule has 3 aromatic carbocycles. The summed E-state index contributed by atoms with van der Waals surface area (Å²) in [5.74, 6) is -2.94. The van der Waals surface area contributed by atoms with Crippen LogP contribution in [0.15, 0.2) is 95.5 Å². The zero-order valence-electron chi connectivity index (χ0n) is 17.5. The van der Waals surface area contributed by atoms with Crippen molar-refractivity contribution in [2.45, 2.75) is 12.8 Å². The van der Waals surface area contributed by atoms with Gasteiger partial charge in [0.1, 0.15) is 0 Å². The lowest BCUT2D eigenvalue weighted by Crippen LogP contribution is -2.36. The molecule has 0 saturated heterocycles. The Morgan fingerprint density at radius 1 is 0.545 bits per heavy atom. The predicted molar refractivity (Wildman–Crippen MR) is 119 cm³/mol. The molecule has 2 aliphatic carbocycles. The van der Waals surface area contributed by atoms with E-state index in [1.165, 1.54) is 0 Å². The number of ketones is 4. The highest BCUT2D eigenvalue weighted by Gasteiger charge is 2.49. The van der Waals surface area contributed by atoms with Gasteiger partial charge in [-0.2, -0.15) is 0 Å². The van der Waals surface area contributed by atoms with Crippen LogP contribution >= 0.6 is 0 Å². The van der Waals surface area contributed by atoms with Gasteiger partial charge in [-0.3, -0.25) is 19.2 Å². The average molecular weight is 432 g/mol. The smallest absolute Gasteiger partial charge is 0.229 e. The third-order valence-corrected chi connectivity index (χ3v) is 6.42. The molecular formula is C28H16O5. The number of aryl methyl sites for hydroxylation is 1. The highest BCUT2D eigenvalue weighted by atomic mass is 16.5. The molecule has 0 saturated carbocycles. The fourth-order valence-corrected chi connectivity index (χ4v) is 4.81. The number of fused-ring (bicyclic) bond motifs is 2. The summed E-state index contributed by atoms with van der Waals surface area (Å²) in [5, 5.41) is 0. The lowest BCUT2D eigenvalue weighted by molar-refractivity contribution is 0.0822. The lowest BCUT2D eigenvalue weighted by atomic mass is 9.70. The third-order valence-electron chi connectivity index (χ3n) is 6.42. The number of Topliss-reactive ketones (excluding diaryl/α,β-unsaturated/α-hetero) is 4. The first-order chi connectivity index (χ1) is 16.0. The minimum Gasteiger partial charge on any atom is -0.448 e. The fraction of sp³-hybridized carbons (Fsp3) is 0.0714. The van der Waals surface area contributed by atoms with Gasteiger partial charge in [-0.25, -0.2) is 0 Å². The number of hydrogen-bond donors (Lipinski definition) is 0. The molecule has 0 unspecified atom stereocenters. The van der Waals surface area contributed by atoms with E-state index in [9.17, 15) is 19.2 Å². The molecule has 0 aromatic heterocycles. The Hall–Kier alpha value is -4.38. The van der Waals surface area contributed by atoms with Crippen molar-refractivity contribution in [3.8, 4) is 0 Å². The van der Waals surface area contributed by atoms with E-state index in [1.807, 2.05) is 31.2 Å². The van der Waals surface area contributed by atoms with Crippen LogP contribution in [0.4, 0.5) is 0 Å². The van der Waals surface area contributed by atoms with Gasteiger partial charge in [-0.05, 0) is 12.5 Å². The molecule has 33 heavy (non-hydrogen) atoms. The topological polar surface area (TPSA) is 77.5 Å². The second-order valence-electron chi connectivity index (χ2n) is 8.34. The zero-order chi connectivity index (χ0) is 22.9. The summed E-state index contributed by atoms with van der Waals surface area (Å²) in [6, 6.07) is 20.4. The van der Waals surface area contributed by atoms with Crippen LogP contribution in [-0.2, 0) is 4.74 Å². The molecule has 5 heteroatoms. The van der Waals surface area contributed by atoms with E-state index < -0.39 is 17.5 Å². The normalized spacial score (nSPS) is 17.4. The van der Waals surface area contributed by atoms with Gasteiger partial charge in [0.05, 0.1) is 11.1 Å². The van der Waals surface area contributed by atoms with Crippen LogP contribution < -0.4 is 0 Å². The van der Waals surface area contributed by atoms with Gasteiger partial charge in [-0.1, -0.05) is 78.4 Å². The molecule has 0 radical (unpaired) electrons. The van der Waals surface area contributed by atoms with Crippen molar-refractivity contribution in [1.29, 1.82) is 0 Å². The molecule has 0 spiro atoms. The van der Waals surface area contributed by atoms with E-state index in [2.05, 4.69) is 0 Å². The summed E-state index contributed by atoms with van der Waals surface area (Å²) in [5.41, 5.74) is 2.82. The van der Waals surface area contributed by atoms with Crippen LogP contribution in [0.3, 0.4) is 0 Å². The summed E-state index contributed by atoms with van der Waals surface area (Å²) in [7, 11) is 0. The summed E-state index contributed by atoms with van der Waals surface area (Å²) >= 11 is 0. The highest BCUT2D eigenvalue weighted by molar-refractivity contribution is 6.32. The SMILES string of the molecule is Cc1ccc(C2C3=C(OC4=C2C(=O)c2ccccc2C4=O)C(=O)c2ccccc2C3=O)cc1. The minimum absolute atomic E-state index is 0.0989. The summed E-state index contributed by atoms with van der Waals surface area (Å²) < 4.78 is 5.87. The summed E-state index contributed by atoms with van der Waals surface area (Å²) in [4.78, 5) is 54.1. The van der Waals surface area contributed by atoms with Crippen LogP contribution in [0.1, 0.15) is 58.5 Å². The molecule has 0 amide bonds. The summed E-state index contributed by atoms with van der Waals surface area (Å²) in [6.45, 7) is 1.93. The van der Waals surface area contributed by atoms with Crippen LogP contribution in [-0.4, -0.2) is 23.1 Å². The molecule has 1 heterocycles. The number of allylic oxidation sites excluding steroid dienone is 4. The molecule has 3 aromatic rings. The van der Waals surface area contributed by atoms with Crippen LogP contribution in [0, 0.1) is 6.92 Å². The standard InChI is InChI=1S/C28H16O5/c1-14-10-12-15(13-11-14)20-21-23(29)16-6-2-4-8-18(16)25(31)27(21)33-28-22(20)24(30)17-7-3-5-9-19(17)26(28)32/h2-13,20H,1H3. The van der Waals surface area contributed by atoms with Gasteiger partial charge in [0.15, 0.2) is 23.1 Å². The van der Waals surface area contributed by atoms with E-state index in [0.29, 0.717) is 5.56 Å². The van der Waals surface area contributed by atoms with E-state index in [1.54, 1.807) is 48.5 Å².